The number of aryl methyl sites for hydroxylation is 1. The van der Waals surface area contributed by atoms with E-state index in [2.05, 4.69) is 9.97 Å². The molecule has 2 aromatic rings. The van der Waals surface area contributed by atoms with E-state index in [1.165, 1.54) is 12.3 Å². The average Bonchev–Trinajstić information content (AvgIpc) is 2.90. The quantitative estimate of drug-likeness (QED) is 0.872. The summed E-state index contributed by atoms with van der Waals surface area (Å²) in [5.41, 5.74) is 0.992. The van der Waals surface area contributed by atoms with Gasteiger partial charge in [-0.2, -0.15) is 0 Å². The predicted molar refractivity (Wildman–Crippen MR) is 79.4 cm³/mol. The van der Waals surface area contributed by atoms with E-state index >= 15 is 0 Å². The Labute approximate surface area is 127 Å². The first-order valence-corrected chi connectivity index (χ1v) is 7.14. The largest absolute Gasteiger partial charge is 0.488 e. The zero-order chi connectivity index (χ0) is 14.8. The molecule has 1 fully saturated rings. The minimum atomic E-state index is -0.400. The zero-order valence-corrected chi connectivity index (χ0v) is 12.3. The summed E-state index contributed by atoms with van der Waals surface area (Å²) >= 11 is 5.73. The molecule has 1 aliphatic rings. The van der Waals surface area contributed by atoms with Crippen LogP contribution in [0, 0.1) is 12.7 Å². The van der Waals surface area contributed by atoms with E-state index in [1.807, 2.05) is 17.9 Å². The lowest BCUT2D eigenvalue weighted by Crippen LogP contribution is -2.26. The molecule has 0 radical (unpaired) electrons. The van der Waals surface area contributed by atoms with Gasteiger partial charge in [0, 0.05) is 37.1 Å². The Hall–Kier alpha value is -1.88. The van der Waals surface area contributed by atoms with Crippen molar-refractivity contribution in [2.75, 3.05) is 18.0 Å². The second-order valence-electron chi connectivity index (χ2n) is 5.07. The van der Waals surface area contributed by atoms with Crippen LogP contribution in [0.4, 0.5) is 10.2 Å². The second kappa shape index (κ2) is 5.85. The summed E-state index contributed by atoms with van der Waals surface area (Å²) in [6.07, 6.45) is 5.77. The molecule has 1 atom stereocenters. The Morgan fingerprint density at radius 3 is 3.05 bits per heavy atom. The highest BCUT2D eigenvalue weighted by atomic mass is 35.5. The Kier molecular flexibility index (Phi) is 3.92. The van der Waals surface area contributed by atoms with Crippen LogP contribution in [-0.4, -0.2) is 29.2 Å². The molecule has 3 heterocycles. The number of pyridine rings is 2. The molecule has 0 spiro atoms. The molecule has 6 heteroatoms. The lowest BCUT2D eigenvalue weighted by molar-refractivity contribution is 0.223. The lowest BCUT2D eigenvalue weighted by atomic mass is 10.2. The van der Waals surface area contributed by atoms with E-state index in [-0.39, 0.29) is 6.10 Å². The van der Waals surface area contributed by atoms with E-state index < -0.39 is 5.82 Å². The summed E-state index contributed by atoms with van der Waals surface area (Å²) in [4.78, 5) is 9.99. The standard InChI is InChI=1S/C15H15ClFN3O/c1-10-7-18-4-2-14(10)21-12-3-5-20(9-12)15-13(17)6-11(16)8-19-15/h2,4,6-8,12H,3,5,9H2,1H3. The Morgan fingerprint density at radius 2 is 2.29 bits per heavy atom. The van der Waals surface area contributed by atoms with Crippen molar-refractivity contribution >= 4 is 17.4 Å². The summed E-state index contributed by atoms with van der Waals surface area (Å²) in [6.45, 7) is 3.27. The van der Waals surface area contributed by atoms with Crippen molar-refractivity contribution < 1.29 is 9.13 Å². The van der Waals surface area contributed by atoms with Crippen molar-refractivity contribution in [2.45, 2.75) is 19.4 Å². The van der Waals surface area contributed by atoms with E-state index in [0.29, 0.717) is 23.9 Å². The molecule has 2 aromatic heterocycles. The average molecular weight is 308 g/mol. The number of aromatic nitrogens is 2. The molecule has 1 saturated heterocycles. The Balaban J connectivity index is 1.69. The highest BCUT2D eigenvalue weighted by molar-refractivity contribution is 6.30. The normalized spacial score (nSPS) is 18.0. The maximum atomic E-state index is 13.9. The van der Waals surface area contributed by atoms with Gasteiger partial charge in [-0.05, 0) is 19.1 Å². The smallest absolute Gasteiger partial charge is 0.167 e. The second-order valence-corrected chi connectivity index (χ2v) is 5.51. The molecule has 0 aromatic carbocycles. The predicted octanol–water partition coefficient (Wildman–Crippen LogP) is 3.24. The zero-order valence-electron chi connectivity index (χ0n) is 11.6. The van der Waals surface area contributed by atoms with Gasteiger partial charge in [0.15, 0.2) is 11.6 Å². The molecule has 4 nitrogen and oxygen atoms in total. The minimum absolute atomic E-state index is 0.0166. The van der Waals surface area contributed by atoms with Gasteiger partial charge in [0.2, 0.25) is 0 Å². The van der Waals surface area contributed by atoms with Gasteiger partial charge >= 0.3 is 0 Å². The number of halogens is 2. The first-order valence-electron chi connectivity index (χ1n) is 6.77. The summed E-state index contributed by atoms with van der Waals surface area (Å²) in [5, 5.41) is 0.302. The van der Waals surface area contributed by atoms with Gasteiger partial charge in [0.25, 0.3) is 0 Å². The van der Waals surface area contributed by atoms with Crippen LogP contribution in [-0.2, 0) is 0 Å². The van der Waals surface area contributed by atoms with Gasteiger partial charge < -0.3 is 9.64 Å². The Morgan fingerprint density at radius 1 is 1.43 bits per heavy atom. The molecule has 0 N–H and O–H groups in total. The summed E-state index contributed by atoms with van der Waals surface area (Å²) < 4.78 is 19.8. The van der Waals surface area contributed by atoms with Crippen LogP contribution in [0.3, 0.4) is 0 Å². The number of nitrogens with zero attached hydrogens (tertiary/aromatic N) is 3. The number of hydrogen-bond acceptors (Lipinski definition) is 4. The maximum Gasteiger partial charge on any atom is 0.167 e. The topological polar surface area (TPSA) is 38.2 Å². The fourth-order valence-corrected chi connectivity index (χ4v) is 2.57. The first kappa shape index (κ1) is 14.1. The van der Waals surface area contributed by atoms with Gasteiger partial charge in [-0.1, -0.05) is 11.6 Å². The maximum absolute atomic E-state index is 13.9. The number of rotatable bonds is 3. The molecule has 1 aliphatic heterocycles. The Bertz CT molecular complexity index is 653. The van der Waals surface area contributed by atoms with E-state index in [4.69, 9.17) is 16.3 Å². The van der Waals surface area contributed by atoms with E-state index in [1.54, 1.807) is 12.4 Å². The van der Waals surface area contributed by atoms with Crippen molar-refractivity contribution in [2.24, 2.45) is 0 Å². The van der Waals surface area contributed by atoms with Crippen LogP contribution in [0.1, 0.15) is 12.0 Å². The van der Waals surface area contributed by atoms with Crippen molar-refractivity contribution in [3.05, 3.63) is 47.1 Å². The molecular weight excluding hydrogens is 293 g/mol. The highest BCUT2D eigenvalue weighted by Gasteiger charge is 2.27. The van der Waals surface area contributed by atoms with Gasteiger partial charge in [-0.3, -0.25) is 4.98 Å². The molecule has 3 rings (SSSR count). The molecule has 1 unspecified atom stereocenters. The number of hydrogen-bond donors (Lipinski definition) is 0. The van der Waals surface area contributed by atoms with Crippen LogP contribution in [0.25, 0.3) is 0 Å². The molecule has 21 heavy (non-hydrogen) atoms. The minimum Gasteiger partial charge on any atom is -0.488 e. The van der Waals surface area contributed by atoms with Crippen molar-refractivity contribution in [1.29, 1.82) is 0 Å². The molecule has 110 valence electrons. The SMILES string of the molecule is Cc1cnccc1OC1CCN(c2ncc(Cl)cc2F)C1. The molecule has 0 amide bonds. The third kappa shape index (κ3) is 3.08. The van der Waals surface area contributed by atoms with Gasteiger partial charge in [0.05, 0.1) is 11.6 Å². The van der Waals surface area contributed by atoms with E-state index in [9.17, 15) is 4.39 Å². The number of anilines is 1. The van der Waals surface area contributed by atoms with Crippen LogP contribution < -0.4 is 9.64 Å². The van der Waals surface area contributed by atoms with Crippen molar-refractivity contribution in [1.82, 2.24) is 9.97 Å². The monoisotopic (exact) mass is 307 g/mol. The third-order valence-electron chi connectivity index (χ3n) is 3.50. The van der Waals surface area contributed by atoms with Crippen LogP contribution >= 0.6 is 11.6 Å². The fourth-order valence-electron chi connectivity index (χ4n) is 2.43. The molecule has 0 bridgehead atoms. The van der Waals surface area contributed by atoms with Gasteiger partial charge in [-0.15, -0.1) is 0 Å². The lowest BCUT2D eigenvalue weighted by Gasteiger charge is -2.19. The molecule has 0 aliphatic carbocycles. The fraction of sp³-hybridized carbons (Fsp3) is 0.333. The summed E-state index contributed by atoms with van der Waals surface area (Å²) in [6, 6.07) is 3.13. The molecular formula is C15H15ClFN3O. The highest BCUT2D eigenvalue weighted by Crippen LogP contribution is 2.26. The number of ether oxygens (including phenoxy) is 1. The van der Waals surface area contributed by atoms with Crippen molar-refractivity contribution in [3.8, 4) is 5.75 Å². The van der Waals surface area contributed by atoms with Crippen LogP contribution in [0.15, 0.2) is 30.7 Å². The summed E-state index contributed by atoms with van der Waals surface area (Å²) in [5.74, 6) is 0.751. The third-order valence-corrected chi connectivity index (χ3v) is 3.70. The van der Waals surface area contributed by atoms with E-state index in [0.717, 1.165) is 17.7 Å². The van der Waals surface area contributed by atoms with Crippen molar-refractivity contribution in [3.63, 3.8) is 0 Å². The summed E-state index contributed by atoms with van der Waals surface area (Å²) in [7, 11) is 0. The van der Waals surface area contributed by atoms with Crippen LogP contribution in [0.5, 0.6) is 5.75 Å². The molecule has 0 saturated carbocycles. The van der Waals surface area contributed by atoms with Crippen LogP contribution in [0.2, 0.25) is 5.02 Å². The first-order chi connectivity index (χ1) is 10.1. The van der Waals surface area contributed by atoms with Gasteiger partial charge in [0.1, 0.15) is 11.9 Å². The van der Waals surface area contributed by atoms with Gasteiger partial charge in [-0.25, -0.2) is 9.37 Å².